The topological polar surface area (TPSA) is 53.8 Å². The van der Waals surface area contributed by atoms with Crippen LogP contribution in [0.3, 0.4) is 0 Å². The summed E-state index contributed by atoms with van der Waals surface area (Å²) in [5, 5.41) is 10.8. The molecular formula is C26H20N3OP. The molecule has 0 atom stereocenters. The monoisotopic (exact) mass is 421 g/mol. The lowest BCUT2D eigenvalue weighted by molar-refractivity contribution is -0.110. The first-order chi connectivity index (χ1) is 15.3. The van der Waals surface area contributed by atoms with Crippen LogP contribution in [0.4, 0.5) is 5.69 Å². The highest BCUT2D eigenvalue weighted by Gasteiger charge is 2.30. The molecule has 0 bridgehead atoms. The van der Waals surface area contributed by atoms with Crippen LogP contribution in [-0.2, 0) is 4.79 Å². The van der Waals surface area contributed by atoms with Crippen LogP contribution in [0.2, 0.25) is 0 Å². The van der Waals surface area contributed by atoms with E-state index in [1.807, 2.05) is 78.9 Å². The highest BCUT2D eigenvalue weighted by molar-refractivity contribution is 7.87. The van der Waals surface area contributed by atoms with Crippen molar-refractivity contribution in [3.05, 3.63) is 121 Å². The van der Waals surface area contributed by atoms with Crippen LogP contribution in [-0.4, -0.2) is 11.6 Å². The molecule has 1 N–H and O–H groups in total. The predicted octanol–water partition coefficient (Wildman–Crippen LogP) is 4.52. The Hall–Kier alpha value is -3.75. The SMILES string of the molecule is O=C1Nc2ccccc2/C1=N/N=P(c1ccccc1)(c1ccccc1)c1ccccc1. The van der Waals surface area contributed by atoms with Gasteiger partial charge in [0.2, 0.25) is 0 Å². The first kappa shape index (κ1) is 19.2. The van der Waals surface area contributed by atoms with Gasteiger partial charge in [-0.2, -0.15) is 4.85 Å². The molecule has 5 rings (SSSR count). The second-order valence-corrected chi connectivity index (χ2v) is 10.2. The van der Waals surface area contributed by atoms with Crippen LogP contribution >= 0.6 is 7.05 Å². The van der Waals surface area contributed by atoms with Gasteiger partial charge < -0.3 is 5.32 Å². The molecule has 1 aliphatic heterocycles. The molecule has 4 aromatic carbocycles. The minimum absolute atomic E-state index is 0.225. The first-order valence-electron chi connectivity index (χ1n) is 10.1. The molecule has 0 radical (unpaired) electrons. The van der Waals surface area contributed by atoms with E-state index in [4.69, 9.17) is 4.85 Å². The summed E-state index contributed by atoms with van der Waals surface area (Å²) in [6.45, 7) is 0. The third-order valence-electron chi connectivity index (χ3n) is 5.31. The summed E-state index contributed by atoms with van der Waals surface area (Å²) in [5.41, 5.74) is 1.90. The Morgan fingerprint density at radius 2 is 1.03 bits per heavy atom. The van der Waals surface area contributed by atoms with E-state index in [0.717, 1.165) is 27.2 Å². The normalized spacial score (nSPS) is 14.2. The molecule has 1 heterocycles. The Morgan fingerprint density at radius 1 is 0.581 bits per heavy atom. The smallest absolute Gasteiger partial charge is 0.276 e. The van der Waals surface area contributed by atoms with Crippen LogP contribution in [0.25, 0.3) is 0 Å². The number of nitrogens with zero attached hydrogens (tertiary/aromatic N) is 2. The minimum Gasteiger partial charge on any atom is -0.320 e. The van der Waals surface area contributed by atoms with Gasteiger partial charge in [0, 0.05) is 21.5 Å². The maximum atomic E-state index is 12.7. The maximum absolute atomic E-state index is 12.7. The molecule has 0 unspecified atom stereocenters. The van der Waals surface area contributed by atoms with Gasteiger partial charge >= 0.3 is 0 Å². The van der Waals surface area contributed by atoms with E-state index >= 15 is 0 Å². The number of amides is 1. The lowest BCUT2D eigenvalue weighted by atomic mass is 10.1. The molecule has 0 saturated carbocycles. The second-order valence-electron chi connectivity index (χ2n) is 7.18. The fourth-order valence-corrected chi connectivity index (χ4v) is 7.09. The average molecular weight is 421 g/mol. The van der Waals surface area contributed by atoms with E-state index in [2.05, 4.69) is 46.8 Å². The lowest BCUT2D eigenvalue weighted by Gasteiger charge is -2.25. The Balaban J connectivity index is 1.84. The molecule has 150 valence electrons. The van der Waals surface area contributed by atoms with Crippen molar-refractivity contribution in [1.82, 2.24) is 0 Å². The number of anilines is 1. The van der Waals surface area contributed by atoms with Gasteiger partial charge in [-0.1, -0.05) is 109 Å². The summed E-state index contributed by atoms with van der Waals surface area (Å²) in [6, 6.07) is 38.3. The van der Waals surface area contributed by atoms with Crippen LogP contribution in [0, 0.1) is 0 Å². The molecule has 1 aliphatic rings. The Bertz CT molecular complexity index is 1210. The van der Waals surface area contributed by atoms with Crippen molar-refractivity contribution in [2.45, 2.75) is 0 Å². The Labute approximate surface area is 181 Å². The number of nitrogens with one attached hydrogen (secondary N) is 1. The summed E-state index contributed by atoms with van der Waals surface area (Å²) in [5.74, 6) is -0.225. The molecule has 4 aromatic rings. The number of para-hydroxylation sites is 1. The summed E-state index contributed by atoms with van der Waals surface area (Å²) >= 11 is 0. The number of fused-ring (bicyclic) bond motifs is 1. The maximum Gasteiger partial charge on any atom is 0.276 e. The van der Waals surface area contributed by atoms with Gasteiger partial charge in [-0.3, -0.25) is 4.79 Å². The number of rotatable bonds is 4. The molecular weight excluding hydrogens is 401 g/mol. The Kier molecular flexibility index (Phi) is 5.07. The van der Waals surface area contributed by atoms with Crippen molar-refractivity contribution in [1.29, 1.82) is 0 Å². The molecule has 0 aromatic heterocycles. The molecule has 0 spiro atoms. The van der Waals surface area contributed by atoms with Gasteiger partial charge in [0.25, 0.3) is 5.91 Å². The van der Waals surface area contributed by atoms with Gasteiger partial charge in [0.05, 0.1) is 12.7 Å². The molecule has 0 saturated heterocycles. The van der Waals surface area contributed by atoms with Crippen molar-refractivity contribution in [2.75, 3.05) is 5.32 Å². The quantitative estimate of drug-likeness (QED) is 0.382. The Morgan fingerprint density at radius 3 is 1.55 bits per heavy atom. The van der Waals surface area contributed by atoms with Crippen LogP contribution in [0.15, 0.2) is 125 Å². The van der Waals surface area contributed by atoms with Crippen LogP contribution in [0.5, 0.6) is 0 Å². The van der Waals surface area contributed by atoms with E-state index < -0.39 is 7.05 Å². The van der Waals surface area contributed by atoms with E-state index in [9.17, 15) is 4.79 Å². The molecule has 31 heavy (non-hydrogen) atoms. The summed E-state index contributed by atoms with van der Waals surface area (Å²) in [7, 11) is -2.49. The standard InChI is InChI=1S/C26H20N3OP/c30-26-25(23-18-10-11-19-24(23)27-26)28-29-31(20-12-4-1-5-13-20,21-14-6-2-7-15-21)22-16-8-3-9-17-22/h1-19H,(H,27,28,30). The summed E-state index contributed by atoms with van der Waals surface area (Å²) in [6.07, 6.45) is 0. The third-order valence-corrected chi connectivity index (χ3v) is 8.81. The van der Waals surface area contributed by atoms with Gasteiger partial charge in [0.1, 0.15) is 0 Å². The number of hydrogen-bond acceptors (Lipinski definition) is 2. The molecule has 1 amide bonds. The number of carbonyl (C=O) groups is 1. The van der Waals surface area contributed by atoms with E-state index in [1.54, 1.807) is 0 Å². The van der Waals surface area contributed by atoms with Gasteiger partial charge in [-0.05, 0) is 6.07 Å². The lowest BCUT2D eigenvalue weighted by Crippen LogP contribution is -2.25. The fourth-order valence-electron chi connectivity index (χ4n) is 3.85. The van der Waals surface area contributed by atoms with Gasteiger partial charge in [0.15, 0.2) is 5.71 Å². The number of carbonyl (C=O) groups excluding carboxylic acids is 1. The highest BCUT2D eigenvalue weighted by atomic mass is 31.2. The highest BCUT2D eigenvalue weighted by Crippen LogP contribution is 2.46. The molecule has 5 heteroatoms. The van der Waals surface area contributed by atoms with Crippen molar-refractivity contribution in [3.63, 3.8) is 0 Å². The van der Waals surface area contributed by atoms with E-state index in [0.29, 0.717) is 5.71 Å². The second kappa shape index (κ2) is 8.17. The minimum atomic E-state index is -2.49. The fraction of sp³-hybridized carbons (Fsp3) is 0. The van der Waals surface area contributed by atoms with Gasteiger partial charge in [-0.15, -0.1) is 5.10 Å². The zero-order chi connectivity index (χ0) is 21.1. The molecule has 4 nitrogen and oxygen atoms in total. The third kappa shape index (κ3) is 3.41. The summed E-state index contributed by atoms with van der Waals surface area (Å²) < 4.78 is 0. The number of benzene rings is 4. The largest absolute Gasteiger partial charge is 0.320 e. The zero-order valence-corrected chi connectivity index (χ0v) is 17.6. The van der Waals surface area contributed by atoms with Crippen molar-refractivity contribution >= 4 is 40.3 Å². The first-order valence-corrected chi connectivity index (χ1v) is 11.8. The molecule has 0 aliphatic carbocycles. The van der Waals surface area contributed by atoms with Crippen LogP contribution < -0.4 is 21.2 Å². The predicted molar refractivity (Wildman–Crippen MR) is 129 cm³/mol. The number of hydrogen-bond donors (Lipinski definition) is 1. The zero-order valence-electron chi connectivity index (χ0n) is 16.7. The van der Waals surface area contributed by atoms with Gasteiger partial charge in [-0.25, -0.2) is 0 Å². The average Bonchev–Trinajstić information content (AvgIpc) is 3.16. The van der Waals surface area contributed by atoms with Crippen molar-refractivity contribution in [2.24, 2.45) is 9.96 Å². The van der Waals surface area contributed by atoms with Crippen molar-refractivity contribution in [3.8, 4) is 0 Å². The van der Waals surface area contributed by atoms with E-state index in [-0.39, 0.29) is 5.91 Å². The van der Waals surface area contributed by atoms with Crippen LogP contribution in [0.1, 0.15) is 5.56 Å². The van der Waals surface area contributed by atoms with E-state index in [1.165, 1.54) is 0 Å². The van der Waals surface area contributed by atoms with Crippen molar-refractivity contribution < 1.29 is 4.79 Å². The molecule has 0 fully saturated rings. The summed E-state index contributed by atoms with van der Waals surface area (Å²) in [4.78, 5) is 17.7.